The number of hydrogen-bond acceptors (Lipinski definition) is 6. The average Bonchev–Trinajstić information content (AvgIpc) is 3.33. The van der Waals surface area contributed by atoms with E-state index in [0.29, 0.717) is 17.3 Å². The predicted molar refractivity (Wildman–Crippen MR) is 109 cm³/mol. The first-order valence-corrected chi connectivity index (χ1v) is 10.8. The van der Waals surface area contributed by atoms with E-state index in [2.05, 4.69) is 10.1 Å². The number of nitrogens with zero attached hydrogens (tertiary/aromatic N) is 2. The highest BCUT2D eigenvalue weighted by atomic mass is 32.2. The standard InChI is InChI=1S/C22H20N2O4S/c1-14-4-7-17(8-5-14)21-23-22(28-24-21)20-11-9-18(27-20)13-29(25,26)19-10-6-15(2)16(3)12-19/h4-12H,13H2,1-3H3. The van der Waals surface area contributed by atoms with Crippen molar-refractivity contribution in [3.05, 3.63) is 77.0 Å². The third-order valence-electron chi connectivity index (χ3n) is 4.78. The molecule has 0 aliphatic carbocycles. The van der Waals surface area contributed by atoms with Gasteiger partial charge in [-0.1, -0.05) is 41.1 Å². The van der Waals surface area contributed by atoms with Crippen LogP contribution in [0.1, 0.15) is 22.5 Å². The van der Waals surface area contributed by atoms with E-state index in [9.17, 15) is 8.42 Å². The third-order valence-corrected chi connectivity index (χ3v) is 6.41. The molecule has 2 heterocycles. The lowest BCUT2D eigenvalue weighted by atomic mass is 10.1. The molecular formula is C22H20N2O4S. The van der Waals surface area contributed by atoms with Crippen LogP contribution in [0.5, 0.6) is 0 Å². The van der Waals surface area contributed by atoms with Crippen LogP contribution in [0.4, 0.5) is 0 Å². The van der Waals surface area contributed by atoms with Crippen molar-refractivity contribution in [2.45, 2.75) is 31.4 Å². The molecule has 0 fully saturated rings. The van der Waals surface area contributed by atoms with E-state index < -0.39 is 9.84 Å². The van der Waals surface area contributed by atoms with Crippen molar-refractivity contribution in [2.75, 3.05) is 0 Å². The predicted octanol–water partition coefficient (Wildman–Crippen LogP) is 4.90. The minimum Gasteiger partial charge on any atom is -0.455 e. The van der Waals surface area contributed by atoms with Gasteiger partial charge in [-0.15, -0.1) is 0 Å². The number of rotatable bonds is 5. The highest BCUT2D eigenvalue weighted by Crippen LogP contribution is 2.26. The van der Waals surface area contributed by atoms with Gasteiger partial charge in [0.15, 0.2) is 15.6 Å². The van der Waals surface area contributed by atoms with Gasteiger partial charge in [0.2, 0.25) is 5.82 Å². The van der Waals surface area contributed by atoms with E-state index in [-0.39, 0.29) is 16.5 Å². The van der Waals surface area contributed by atoms with Crippen LogP contribution in [-0.2, 0) is 15.6 Å². The second-order valence-corrected chi connectivity index (χ2v) is 9.05. The molecule has 29 heavy (non-hydrogen) atoms. The lowest BCUT2D eigenvalue weighted by Gasteiger charge is -2.05. The van der Waals surface area contributed by atoms with E-state index >= 15 is 0 Å². The Hall–Kier alpha value is -3.19. The van der Waals surface area contributed by atoms with E-state index in [1.54, 1.807) is 30.3 Å². The van der Waals surface area contributed by atoms with Gasteiger partial charge in [-0.2, -0.15) is 4.98 Å². The van der Waals surface area contributed by atoms with Crippen LogP contribution in [0.15, 0.2) is 68.4 Å². The Morgan fingerprint density at radius 3 is 2.38 bits per heavy atom. The first-order valence-electron chi connectivity index (χ1n) is 9.12. The summed E-state index contributed by atoms with van der Waals surface area (Å²) in [6.45, 7) is 5.84. The maximum Gasteiger partial charge on any atom is 0.293 e. The van der Waals surface area contributed by atoms with Crippen molar-refractivity contribution in [3.8, 4) is 23.0 Å². The summed E-state index contributed by atoms with van der Waals surface area (Å²) in [6, 6.07) is 16.1. The number of benzene rings is 2. The molecule has 7 heteroatoms. The lowest BCUT2D eigenvalue weighted by Crippen LogP contribution is -2.05. The van der Waals surface area contributed by atoms with Crippen LogP contribution in [0.3, 0.4) is 0 Å². The lowest BCUT2D eigenvalue weighted by molar-refractivity contribution is 0.413. The second-order valence-electron chi connectivity index (χ2n) is 7.06. The van der Waals surface area contributed by atoms with Crippen LogP contribution in [-0.4, -0.2) is 18.6 Å². The summed E-state index contributed by atoms with van der Waals surface area (Å²) >= 11 is 0. The molecule has 0 unspecified atom stereocenters. The Morgan fingerprint density at radius 2 is 1.66 bits per heavy atom. The molecule has 0 atom stereocenters. The molecule has 4 rings (SSSR count). The number of hydrogen-bond donors (Lipinski definition) is 0. The molecule has 0 saturated heterocycles. The molecule has 6 nitrogen and oxygen atoms in total. The van der Waals surface area contributed by atoms with Crippen molar-refractivity contribution in [1.82, 2.24) is 10.1 Å². The topological polar surface area (TPSA) is 86.2 Å². The molecule has 0 aliphatic rings. The van der Waals surface area contributed by atoms with Gasteiger partial charge in [0, 0.05) is 5.56 Å². The van der Waals surface area contributed by atoms with Gasteiger partial charge >= 0.3 is 0 Å². The second kappa shape index (κ2) is 7.33. The van der Waals surface area contributed by atoms with Gasteiger partial charge in [-0.3, -0.25) is 0 Å². The molecule has 0 spiro atoms. The minimum atomic E-state index is -3.52. The molecule has 4 aromatic rings. The van der Waals surface area contributed by atoms with Gasteiger partial charge in [0.25, 0.3) is 5.89 Å². The molecule has 0 bridgehead atoms. The fourth-order valence-electron chi connectivity index (χ4n) is 2.89. The number of aromatic nitrogens is 2. The molecule has 0 N–H and O–H groups in total. The summed E-state index contributed by atoms with van der Waals surface area (Å²) in [6.07, 6.45) is 0. The number of aryl methyl sites for hydroxylation is 3. The quantitative estimate of drug-likeness (QED) is 0.467. The van der Waals surface area contributed by atoms with Crippen LogP contribution in [0, 0.1) is 20.8 Å². The Balaban J connectivity index is 1.55. The van der Waals surface area contributed by atoms with Crippen LogP contribution >= 0.6 is 0 Å². The van der Waals surface area contributed by atoms with E-state index in [1.165, 1.54) is 0 Å². The van der Waals surface area contributed by atoms with Crippen molar-refractivity contribution >= 4 is 9.84 Å². The van der Waals surface area contributed by atoms with E-state index in [1.807, 2.05) is 45.0 Å². The summed E-state index contributed by atoms with van der Waals surface area (Å²) in [4.78, 5) is 4.62. The summed E-state index contributed by atoms with van der Waals surface area (Å²) in [5.41, 5.74) is 3.94. The van der Waals surface area contributed by atoms with Gasteiger partial charge in [-0.05, 0) is 56.2 Å². The zero-order valence-corrected chi connectivity index (χ0v) is 17.2. The monoisotopic (exact) mass is 408 g/mol. The van der Waals surface area contributed by atoms with E-state index in [0.717, 1.165) is 22.3 Å². The van der Waals surface area contributed by atoms with Crippen LogP contribution in [0.25, 0.3) is 23.0 Å². The maximum atomic E-state index is 12.7. The number of furan rings is 1. The fraction of sp³-hybridized carbons (Fsp3) is 0.182. The molecule has 148 valence electrons. The highest BCUT2D eigenvalue weighted by Gasteiger charge is 2.20. The fourth-order valence-corrected chi connectivity index (χ4v) is 4.22. The molecule has 2 aromatic carbocycles. The molecule has 2 aromatic heterocycles. The first-order chi connectivity index (χ1) is 13.8. The van der Waals surface area contributed by atoms with Crippen LogP contribution < -0.4 is 0 Å². The normalized spacial score (nSPS) is 11.7. The largest absolute Gasteiger partial charge is 0.455 e. The average molecular weight is 408 g/mol. The zero-order valence-electron chi connectivity index (χ0n) is 16.3. The van der Waals surface area contributed by atoms with Gasteiger partial charge in [-0.25, -0.2) is 8.42 Å². The van der Waals surface area contributed by atoms with Gasteiger partial charge in [0.05, 0.1) is 4.90 Å². The Labute approximate surface area is 169 Å². The van der Waals surface area contributed by atoms with E-state index in [4.69, 9.17) is 8.94 Å². The Morgan fingerprint density at radius 1 is 0.897 bits per heavy atom. The minimum absolute atomic E-state index is 0.204. The smallest absolute Gasteiger partial charge is 0.293 e. The molecule has 0 saturated carbocycles. The van der Waals surface area contributed by atoms with Crippen LogP contribution in [0.2, 0.25) is 0 Å². The number of sulfone groups is 1. The Kier molecular flexibility index (Phi) is 4.84. The summed E-state index contributed by atoms with van der Waals surface area (Å²) in [7, 11) is -3.52. The van der Waals surface area contributed by atoms with Gasteiger partial charge < -0.3 is 8.94 Å². The molecule has 0 radical (unpaired) electrons. The van der Waals surface area contributed by atoms with Crippen molar-refractivity contribution in [2.24, 2.45) is 0 Å². The maximum absolute atomic E-state index is 12.7. The Bertz CT molecular complexity index is 1270. The third kappa shape index (κ3) is 4.00. The SMILES string of the molecule is Cc1ccc(-c2noc(-c3ccc(CS(=O)(=O)c4ccc(C)c(C)c4)o3)n2)cc1. The molecular weight excluding hydrogens is 388 g/mol. The summed E-state index contributed by atoms with van der Waals surface area (Å²) in [5.74, 6) is 1.06. The molecule has 0 amide bonds. The van der Waals surface area contributed by atoms with Crippen molar-refractivity contribution < 1.29 is 17.4 Å². The molecule has 0 aliphatic heterocycles. The summed E-state index contributed by atoms with van der Waals surface area (Å²) in [5, 5.41) is 3.98. The highest BCUT2D eigenvalue weighted by molar-refractivity contribution is 7.90. The van der Waals surface area contributed by atoms with Crippen molar-refractivity contribution in [3.63, 3.8) is 0 Å². The van der Waals surface area contributed by atoms with Gasteiger partial charge in [0.1, 0.15) is 11.5 Å². The van der Waals surface area contributed by atoms with Crippen molar-refractivity contribution in [1.29, 1.82) is 0 Å². The zero-order chi connectivity index (χ0) is 20.6. The first kappa shape index (κ1) is 19.1. The summed E-state index contributed by atoms with van der Waals surface area (Å²) < 4.78 is 36.4.